The second kappa shape index (κ2) is 6.86. The van der Waals surface area contributed by atoms with Crippen molar-refractivity contribution in [2.24, 2.45) is 5.92 Å². The molecule has 0 bridgehead atoms. The molecule has 0 amide bonds. The van der Waals surface area contributed by atoms with Crippen molar-refractivity contribution >= 4 is 11.8 Å². The first-order valence-corrected chi connectivity index (χ1v) is 9.02. The third-order valence-corrected chi connectivity index (χ3v) is 5.42. The van der Waals surface area contributed by atoms with Gasteiger partial charge in [-0.2, -0.15) is 11.8 Å². The highest BCUT2D eigenvalue weighted by molar-refractivity contribution is 7.99. The van der Waals surface area contributed by atoms with Crippen molar-refractivity contribution in [1.82, 2.24) is 5.32 Å². The lowest BCUT2D eigenvalue weighted by molar-refractivity contribution is 0.303. The topological polar surface area (TPSA) is 21.3 Å². The summed E-state index contributed by atoms with van der Waals surface area (Å²) in [6.45, 7) is 0. The minimum absolute atomic E-state index is 0.484. The second-order valence-corrected chi connectivity index (χ2v) is 7.24. The Bertz CT molecular complexity index is 410. The SMILES string of the molecule is CNC(CC1CCSCC1)c1ccc(OC2CC2)cc1. The van der Waals surface area contributed by atoms with E-state index in [-0.39, 0.29) is 0 Å². The van der Waals surface area contributed by atoms with Crippen LogP contribution in [-0.4, -0.2) is 24.7 Å². The Hall–Kier alpha value is -0.670. The van der Waals surface area contributed by atoms with Gasteiger partial charge in [-0.25, -0.2) is 0 Å². The minimum Gasteiger partial charge on any atom is -0.490 e. The number of thioether (sulfide) groups is 1. The molecule has 2 aliphatic rings. The van der Waals surface area contributed by atoms with Gasteiger partial charge in [-0.05, 0) is 74.3 Å². The van der Waals surface area contributed by atoms with Crippen LogP contribution < -0.4 is 10.1 Å². The Kier molecular flexibility index (Phi) is 4.90. The van der Waals surface area contributed by atoms with Crippen LogP contribution in [-0.2, 0) is 0 Å². The summed E-state index contributed by atoms with van der Waals surface area (Å²) in [5.74, 6) is 4.60. The number of ether oxygens (including phenoxy) is 1. The van der Waals surface area contributed by atoms with Crippen LogP contribution in [0.2, 0.25) is 0 Å². The Morgan fingerprint density at radius 3 is 2.45 bits per heavy atom. The molecule has 0 radical (unpaired) electrons. The highest BCUT2D eigenvalue weighted by atomic mass is 32.2. The molecule has 20 heavy (non-hydrogen) atoms. The molecule has 0 spiro atoms. The van der Waals surface area contributed by atoms with Crippen LogP contribution in [0.4, 0.5) is 0 Å². The third-order valence-electron chi connectivity index (χ3n) is 4.37. The van der Waals surface area contributed by atoms with Crippen LogP contribution in [0.1, 0.15) is 43.7 Å². The van der Waals surface area contributed by atoms with Crippen molar-refractivity contribution in [3.63, 3.8) is 0 Å². The third kappa shape index (κ3) is 3.92. The molecule has 1 saturated carbocycles. The van der Waals surface area contributed by atoms with Crippen LogP contribution >= 0.6 is 11.8 Å². The van der Waals surface area contributed by atoms with Gasteiger partial charge in [-0.15, -0.1) is 0 Å². The van der Waals surface area contributed by atoms with Crippen molar-refractivity contribution < 1.29 is 4.74 Å². The first kappa shape index (κ1) is 14.3. The summed E-state index contributed by atoms with van der Waals surface area (Å²) in [6.07, 6.45) is 6.96. The fourth-order valence-corrected chi connectivity index (χ4v) is 4.10. The van der Waals surface area contributed by atoms with Crippen LogP contribution in [0.15, 0.2) is 24.3 Å². The van der Waals surface area contributed by atoms with Gasteiger partial charge in [-0.3, -0.25) is 0 Å². The molecule has 1 aliphatic heterocycles. The van der Waals surface area contributed by atoms with E-state index >= 15 is 0 Å². The fraction of sp³-hybridized carbons (Fsp3) is 0.647. The molecule has 3 heteroatoms. The van der Waals surface area contributed by atoms with Gasteiger partial charge in [0.25, 0.3) is 0 Å². The maximum atomic E-state index is 5.82. The normalized spacial score (nSPS) is 21.6. The average molecular weight is 291 g/mol. The van der Waals surface area contributed by atoms with Crippen molar-refractivity contribution in [3.05, 3.63) is 29.8 Å². The lowest BCUT2D eigenvalue weighted by Gasteiger charge is -2.26. The van der Waals surface area contributed by atoms with E-state index in [0.717, 1.165) is 11.7 Å². The molecule has 1 aliphatic carbocycles. The Morgan fingerprint density at radius 1 is 1.15 bits per heavy atom. The van der Waals surface area contributed by atoms with Crippen LogP contribution in [0.3, 0.4) is 0 Å². The number of benzene rings is 1. The summed E-state index contributed by atoms with van der Waals surface area (Å²) < 4.78 is 5.82. The molecule has 3 rings (SSSR count). The van der Waals surface area contributed by atoms with Crippen molar-refractivity contribution in [2.75, 3.05) is 18.6 Å². The maximum absolute atomic E-state index is 5.82. The van der Waals surface area contributed by atoms with Crippen LogP contribution in [0, 0.1) is 5.92 Å². The van der Waals surface area contributed by atoms with Crippen molar-refractivity contribution in [2.45, 2.75) is 44.2 Å². The Morgan fingerprint density at radius 2 is 1.85 bits per heavy atom. The molecule has 1 unspecified atom stereocenters. The summed E-state index contributed by atoms with van der Waals surface area (Å²) in [7, 11) is 2.08. The number of hydrogen-bond acceptors (Lipinski definition) is 3. The lowest BCUT2D eigenvalue weighted by atomic mass is 9.91. The molecule has 0 aromatic heterocycles. The molecular formula is C17H25NOS. The largest absolute Gasteiger partial charge is 0.490 e. The smallest absolute Gasteiger partial charge is 0.119 e. The molecular weight excluding hydrogens is 266 g/mol. The predicted octanol–water partition coefficient (Wildman–Crippen LogP) is 4.02. The van der Waals surface area contributed by atoms with E-state index in [4.69, 9.17) is 4.74 Å². The Balaban J connectivity index is 1.58. The van der Waals surface area contributed by atoms with Gasteiger partial charge in [0, 0.05) is 6.04 Å². The lowest BCUT2D eigenvalue weighted by Crippen LogP contribution is -2.22. The van der Waals surface area contributed by atoms with E-state index in [1.807, 2.05) is 0 Å². The number of nitrogens with one attached hydrogen (secondary N) is 1. The first-order chi connectivity index (χ1) is 9.85. The number of rotatable bonds is 6. The standard InChI is InChI=1S/C17H25NOS/c1-18-17(12-13-8-10-20-11-9-13)14-2-4-15(5-3-14)19-16-6-7-16/h2-5,13,16-18H,6-12H2,1H3. The van der Waals surface area contributed by atoms with E-state index in [9.17, 15) is 0 Å². The van der Waals surface area contributed by atoms with E-state index in [1.165, 1.54) is 49.2 Å². The molecule has 1 saturated heterocycles. The maximum Gasteiger partial charge on any atom is 0.119 e. The van der Waals surface area contributed by atoms with Crippen molar-refractivity contribution in [1.29, 1.82) is 0 Å². The molecule has 1 aromatic rings. The van der Waals surface area contributed by atoms with Gasteiger partial charge in [0.2, 0.25) is 0 Å². The quantitative estimate of drug-likeness (QED) is 0.855. The van der Waals surface area contributed by atoms with E-state index in [2.05, 4.69) is 48.4 Å². The molecule has 1 heterocycles. The fourth-order valence-electron chi connectivity index (χ4n) is 2.89. The number of hydrogen-bond donors (Lipinski definition) is 1. The zero-order valence-electron chi connectivity index (χ0n) is 12.3. The van der Waals surface area contributed by atoms with Gasteiger partial charge >= 0.3 is 0 Å². The van der Waals surface area contributed by atoms with E-state index in [0.29, 0.717) is 12.1 Å². The zero-order chi connectivity index (χ0) is 13.8. The molecule has 110 valence electrons. The predicted molar refractivity (Wildman–Crippen MR) is 86.6 cm³/mol. The highest BCUT2D eigenvalue weighted by Gasteiger charge is 2.23. The summed E-state index contributed by atoms with van der Waals surface area (Å²) >= 11 is 2.11. The zero-order valence-corrected chi connectivity index (χ0v) is 13.1. The summed E-state index contributed by atoms with van der Waals surface area (Å²) in [5.41, 5.74) is 1.40. The van der Waals surface area contributed by atoms with E-state index < -0.39 is 0 Å². The summed E-state index contributed by atoms with van der Waals surface area (Å²) in [4.78, 5) is 0. The van der Waals surface area contributed by atoms with Gasteiger partial charge in [0.05, 0.1) is 6.10 Å². The highest BCUT2D eigenvalue weighted by Crippen LogP contribution is 2.32. The minimum atomic E-state index is 0.484. The second-order valence-electron chi connectivity index (χ2n) is 6.02. The molecule has 1 atom stereocenters. The average Bonchev–Trinajstić information content (AvgIpc) is 3.31. The molecule has 2 nitrogen and oxygen atoms in total. The monoisotopic (exact) mass is 291 g/mol. The van der Waals surface area contributed by atoms with E-state index in [1.54, 1.807) is 0 Å². The molecule has 2 fully saturated rings. The van der Waals surface area contributed by atoms with Gasteiger partial charge in [-0.1, -0.05) is 12.1 Å². The molecule has 1 aromatic carbocycles. The summed E-state index contributed by atoms with van der Waals surface area (Å²) in [6, 6.07) is 9.22. The van der Waals surface area contributed by atoms with Gasteiger partial charge in [0.15, 0.2) is 0 Å². The van der Waals surface area contributed by atoms with Gasteiger partial charge in [0.1, 0.15) is 5.75 Å². The van der Waals surface area contributed by atoms with Gasteiger partial charge < -0.3 is 10.1 Å². The first-order valence-electron chi connectivity index (χ1n) is 7.87. The Labute approximate surface area is 126 Å². The van der Waals surface area contributed by atoms with Crippen LogP contribution in [0.5, 0.6) is 5.75 Å². The summed E-state index contributed by atoms with van der Waals surface area (Å²) in [5, 5.41) is 3.49. The molecule has 1 N–H and O–H groups in total. The van der Waals surface area contributed by atoms with Crippen LogP contribution in [0.25, 0.3) is 0 Å². The van der Waals surface area contributed by atoms with Crippen molar-refractivity contribution in [3.8, 4) is 5.75 Å².